The molecule has 0 aromatic heterocycles. The van der Waals surface area contributed by atoms with E-state index in [9.17, 15) is 0 Å². The van der Waals surface area contributed by atoms with Crippen molar-refractivity contribution >= 4 is 32.8 Å². The van der Waals surface area contributed by atoms with E-state index in [0.29, 0.717) is 5.92 Å². The molecule has 21 heavy (non-hydrogen) atoms. The highest BCUT2D eigenvalue weighted by Crippen LogP contribution is 2.40. The van der Waals surface area contributed by atoms with Gasteiger partial charge < -0.3 is 0 Å². The minimum Gasteiger partial charge on any atom is -0.0720 e. The Balaban J connectivity index is 1.91. The number of benzene rings is 3. The summed E-state index contributed by atoms with van der Waals surface area (Å²) in [6.45, 7) is 2.14. The average Bonchev–Trinajstić information content (AvgIpc) is 2.91. The highest BCUT2D eigenvalue weighted by atomic mass is 79.9. The lowest BCUT2D eigenvalue weighted by Gasteiger charge is -2.15. The second kappa shape index (κ2) is 4.85. The second-order valence-electron chi connectivity index (χ2n) is 5.66. The van der Waals surface area contributed by atoms with Crippen LogP contribution >= 0.6 is 15.9 Å². The smallest absolute Gasteiger partial charge is 0.0295 e. The van der Waals surface area contributed by atoms with Crippen LogP contribution in [0.5, 0.6) is 0 Å². The molecule has 0 aliphatic heterocycles. The van der Waals surface area contributed by atoms with Gasteiger partial charge in [0.25, 0.3) is 0 Å². The Morgan fingerprint density at radius 1 is 0.905 bits per heavy atom. The maximum Gasteiger partial charge on any atom is 0.0295 e. The predicted octanol–water partition coefficient (Wildman–Crippen LogP) is 6.07. The van der Waals surface area contributed by atoms with Crippen LogP contribution in [0, 0.1) is 6.92 Å². The molecule has 102 valence electrons. The van der Waals surface area contributed by atoms with Crippen LogP contribution < -0.4 is 0 Å². The molecule has 4 rings (SSSR count). The Bertz CT molecular complexity index is 874. The SMILES string of the molecule is Cc1ccc2c(Br)c(C3C=Cc4ccccc43)ccc2c1. The molecule has 0 heterocycles. The van der Waals surface area contributed by atoms with Gasteiger partial charge in [-0.1, -0.05) is 72.3 Å². The van der Waals surface area contributed by atoms with E-state index < -0.39 is 0 Å². The Morgan fingerprint density at radius 3 is 2.67 bits per heavy atom. The summed E-state index contributed by atoms with van der Waals surface area (Å²) in [4.78, 5) is 0. The molecule has 0 nitrogen and oxygen atoms in total. The van der Waals surface area contributed by atoms with Gasteiger partial charge in [0.15, 0.2) is 0 Å². The van der Waals surface area contributed by atoms with Crippen LogP contribution in [0.3, 0.4) is 0 Å². The lowest BCUT2D eigenvalue weighted by molar-refractivity contribution is 1.05. The number of allylic oxidation sites excluding steroid dienone is 1. The van der Waals surface area contributed by atoms with Crippen LogP contribution in [0.4, 0.5) is 0 Å². The van der Waals surface area contributed by atoms with Crippen LogP contribution in [-0.2, 0) is 0 Å². The van der Waals surface area contributed by atoms with E-state index >= 15 is 0 Å². The third kappa shape index (κ3) is 2.04. The molecule has 3 aromatic carbocycles. The minimum atomic E-state index is 0.348. The third-order valence-corrected chi connectivity index (χ3v) is 5.16. The lowest BCUT2D eigenvalue weighted by atomic mass is 9.91. The van der Waals surface area contributed by atoms with Crippen molar-refractivity contribution in [3.05, 3.63) is 87.4 Å². The van der Waals surface area contributed by atoms with Gasteiger partial charge in [0, 0.05) is 10.4 Å². The van der Waals surface area contributed by atoms with Crippen molar-refractivity contribution in [2.24, 2.45) is 0 Å². The molecule has 0 saturated heterocycles. The Hall–Kier alpha value is -1.86. The number of aryl methyl sites for hydroxylation is 1. The number of hydrogen-bond acceptors (Lipinski definition) is 0. The molecule has 0 amide bonds. The largest absolute Gasteiger partial charge is 0.0720 e. The summed E-state index contributed by atoms with van der Waals surface area (Å²) in [5.41, 5.74) is 5.36. The predicted molar refractivity (Wildman–Crippen MR) is 93.7 cm³/mol. The van der Waals surface area contributed by atoms with Gasteiger partial charge in [0.2, 0.25) is 0 Å². The highest BCUT2D eigenvalue weighted by molar-refractivity contribution is 9.10. The molecule has 0 bridgehead atoms. The monoisotopic (exact) mass is 334 g/mol. The van der Waals surface area contributed by atoms with Gasteiger partial charge in [-0.25, -0.2) is 0 Å². The number of fused-ring (bicyclic) bond motifs is 2. The third-order valence-electron chi connectivity index (χ3n) is 4.27. The van der Waals surface area contributed by atoms with E-state index in [-0.39, 0.29) is 0 Å². The topological polar surface area (TPSA) is 0 Å². The van der Waals surface area contributed by atoms with Crippen LogP contribution in [0.1, 0.15) is 28.2 Å². The molecule has 3 aromatic rings. The van der Waals surface area contributed by atoms with Crippen molar-refractivity contribution in [3.63, 3.8) is 0 Å². The summed E-state index contributed by atoms with van der Waals surface area (Å²) in [7, 11) is 0. The summed E-state index contributed by atoms with van der Waals surface area (Å²) in [6, 6.07) is 19.7. The first-order valence-electron chi connectivity index (χ1n) is 7.20. The van der Waals surface area contributed by atoms with Crippen molar-refractivity contribution in [1.29, 1.82) is 0 Å². The van der Waals surface area contributed by atoms with Crippen molar-refractivity contribution < 1.29 is 0 Å². The average molecular weight is 335 g/mol. The normalized spacial score (nSPS) is 16.4. The molecule has 1 heteroatoms. The molecule has 0 N–H and O–H groups in total. The van der Waals surface area contributed by atoms with E-state index in [1.165, 1.54) is 37.5 Å². The first-order valence-corrected chi connectivity index (χ1v) is 7.99. The molecule has 1 aliphatic carbocycles. The van der Waals surface area contributed by atoms with E-state index in [2.05, 4.69) is 89.6 Å². The fraction of sp³-hybridized carbons (Fsp3) is 0.100. The van der Waals surface area contributed by atoms with Crippen molar-refractivity contribution in [3.8, 4) is 0 Å². The summed E-state index contributed by atoms with van der Waals surface area (Å²) >= 11 is 3.83. The maximum absolute atomic E-state index is 3.83. The molecule has 0 spiro atoms. The number of hydrogen-bond donors (Lipinski definition) is 0. The van der Waals surface area contributed by atoms with Crippen molar-refractivity contribution in [2.45, 2.75) is 12.8 Å². The van der Waals surface area contributed by atoms with E-state index in [4.69, 9.17) is 0 Å². The zero-order chi connectivity index (χ0) is 14.4. The summed E-state index contributed by atoms with van der Waals surface area (Å²) in [6.07, 6.45) is 4.52. The summed E-state index contributed by atoms with van der Waals surface area (Å²) in [5, 5.41) is 2.58. The van der Waals surface area contributed by atoms with Gasteiger partial charge in [0.05, 0.1) is 0 Å². The second-order valence-corrected chi connectivity index (χ2v) is 6.45. The Labute approximate surface area is 133 Å². The Morgan fingerprint density at radius 2 is 1.76 bits per heavy atom. The first-order chi connectivity index (χ1) is 10.2. The molecule has 1 unspecified atom stereocenters. The van der Waals surface area contributed by atoms with E-state index in [1.807, 2.05) is 0 Å². The maximum atomic E-state index is 3.83. The molecule has 1 aliphatic rings. The van der Waals surface area contributed by atoms with Gasteiger partial charge >= 0.3 is 0 Å². The molecule has 0 radical (unpaired) electrons. The van der Waals surface area contributed by atoms with E-state index in [1.54, 1.807) is 0 Å². The molecular formula is C20H15Br. The fourth-order valence-corrected chi connectivity index (χ4v) is 3.93. The molecular weight excluding hydrogens is 320 g/mol. The van der Waals surface area contributed by atoms with Crippen LogP contribution in [-0.4, -0.2) is 0 Å². The highest BCUT2D eigenvalue weighted by Gasteiger charge is 2.21. The van der Waals surface area contributed by atoms with E-state index in [0.717, 1.165) is 0 Å². The number of halogens is 1. The molecule has 0 saturated carbocycles. The Kier molecular flexibility index (Phi) is 2.97. The fourth-order valence-electron chi connectivity index (χ4n) is 3.19. The molecule has 0 fully saturated rings. The van der Waals surface area contributed by atoms with Crippen LogP contribution in [0.15, 0.2) is 65.1 Å². The van der Waals surface area contributed by atoms with Gasteiger partial charge in [-0.15, -0.1) is 0 Å². The van der Waals surface area contributed by atoms with Gasteiger partial charge in [0.1, 0.15) is 0 Å². The molecule has 1 atom stereocenters. The summed E-state index contributed by atoms with van der Waals surface area (Å²) in [5.74, 6) is 0.348. The van der Waals surface area contributed by atoms with Crippen LogP contribution in [0.25, 0.3) is 16.8 Å². The van der Waals surface area contributed by atoms with Crippen LogP contribution in [0.2, 0.25) is 0 Å². The summed E-state index contributed by atoms with van der Waals surface area (Å²) < 4.78 is 1.21. The first kappa shape index (κ1) is 12.8. The lowest BCUT2D eigenvalue weighted by Crippen LogP contribution is -1.97. The van der Waals surface area contributed by atoms with Crippen molar-refractivity contribution in [2.75, 3.05) is 0 Å². The van der Waals surface area contributed by atoms with Gasteiger partial charge in [-0.2, -0.15) is 0 Å². The van der Waals surface area contributed by atoms with Crippen molar-refractivity contribution in [1.82, 2.24) is 0 Å². The minimum absolute atomic E-state index is 0.348. The standard InChI is InChI=1S/C20H15Br/c1-13-6-9-17-15(12-13)8-11-19(20(17)21)18-10-7-14-4-2-3-5-16(14)18/h2-12,18H,1H3. The van der Waals surface area contributed by atoms with Gasteiger partial charge in [-0.3, -0.25) is 0 Å². The van der Waals surface area contributed by atoms with Gasteiger partial charge in [-0.05, 0) is 50.3 Å². The zero-order valence-electron chi connectivity index (χ0n) is 11.8. The zero-order valence-corrected chi connectivity index (χ0v) is 13.4. The number of rotatable bonds is 1. The quantitative estimate of drug-likeness (QED) is 0.506.